The van der Waals surface area contributed by atoms with E-state index in [0.29, 0.717) is 30.3 Å². The molecule has 1 aliphatic carbocycles. The van der Waals surface area contributed by atoms with Gasteiger partial charge in [-0.15, -0.1) is 0 Å². The Morgan fingerprint density at radius 2 is 1.96 bits per heavy atom. The minimum atomic E-state index is -0.711. The fourth-order valence-electron chi connectivity index (χ4n) is 3.14. The Kier molecular flexibility index (Phi) is 5.36. The normalized spacial score (nSPS) is 27.4. The summed E-state index contributed by atoms with van der Waals surface area (Å²) in [4.78, 5) is 34.4. The lowest BCUT2D eigenvalue weighted by molar-refractivity contribution is -0.150. The molecule has 2 aliphatic rings. The standard InChI is InChI=1S/C19H21NO5S/c1-19(17(22)23)8-6-13(7-9-19)11-25-14-4-2-12(3-5-14)10-15-16(21)20-18(24)26-15/h2-5,10,13H,6-9,11H2,1H3,(H,22,23)(H,20,21,24). The molecule has 26 heavy (non-hydrogen) atoms. The van der Waals surface area contributed by atoms with E-state index < -0.39 is 11.4 Å². The maximum absolute atomic E-state index is 11.5. The van der Waals surface area contributed by atoms with Gasteiger partial charge in [0.2, 0.25) is 0 Å². The average molecular weight is 375 g/mol. The number of nitrogens with one attached hydrogen (secondary N) is 1. The highest BCUT2D eigenvalue weighted by molar-refractivity contribution is 8.18. The lowest BCUT2D eigenvalue weighted by atomic mass is 9.72. The van der Waals surface area contributed by atoms with Crippen molar-refractivity contribution in [3.05, 3.63) is 34.7 Å². The molecule has 138 valence electrons. The van der Waals surface area contributed by atoms with Crippen LogP contribution < -0.4 is 10.1 Å². The summed E-state index contributed by atoms with van der Waals surface area (Å²) >= 11 is 0.892. The Labute approximate surface area is 156 Å². The second kappa shape index (κ2) is 7.53. The zero-order chi connectivity index (χ0) is 18.7. The Morgan fingerprint density at radius 1 is 1.31 bits per heavy atom. The molecule has 2 N–H and O–H groups in total. The van der Waals surface area contributed by atoms with Crippen LogP contribution in [0, 0.1) is 11.3 Å². The van der Waals surface area contributed by atoms with Crippen molar-refractivity contribution in [2.75, 3.05) is 6.61 Å². The van der Waals surface area contributed by atoms with Crippen molar-refractivity contribution in [2.45, 2.75) is 32.6 Å². The van der Waals surface area contributed by atoms with E-state index in [-0.39, 0.29) is 11.1 Å². The zero-order valence-electron chi connectivity index (χ0n) is 14.5. The molecule has 0 spiro atoms. The summed E-state index contributed by atoms with van der Waals surface area (Å²) in [6, 6.07) is 7.33. The molecule has 6 nitrogen and oxygen atoms in total. The number of carbonyl (C=O) groups is 3. The fourth-order valence-corrected chi connectivity index (χ4v) is 3.82. The maximum atomic E-state index is 11.5. The number of hydrogen-bond donors (Lipinski definition) is 2. The van der Waals surface area contributed by atoms with Gasteiger partial charge >= 0.3 is 5.97 Å². The van der Waals surface area contributed by atoms with Gasteiger partial charge in [-0.25, -0.2) is 0 Å². The van der Waals surface area contributed by atoms with Crippen LogP contribution in [0.3, 0.4) is 0 Å². The fraction of sp³-hybridized carbons (Fsp3) is 0.421. The van der Waals surface area contributed by atoms with Crippen molar-refractivity contribution in [3.63, 3.8) is 0 Å². The molecule has 2 amide bonds. The third-order valence-electron chi connectivity index (χ3n) is 5.03. The number of hydrogen-bond acceptors (Lipinski definition) is 5. The number of carboxylic acid groups (broad SMARTS) is 1. The molecule has 0 atom stereocenters. The molecule has 1 aliphatic heterocycles. The number of thioether (sulfide) groups is 1. The Balaban J connectivity index is 1.51. The van der Waals surface area contributed by atoms with Crippen LogP contribution in [0.25, 0.3) is 6.08 Å². The van der Waals surface area contributed by atoms with E-state index in [1.54, 1.807) is 6.08 Å². The average Bonchev–Trinajstić information content (AvgIpc) is 2.93. The molecule has 0 radical (unpaired) electrons. The summed E-state index contributed by atoms with van der Waals surface area (Å²) in [6.45, 7) is 2.39. The molecule has 0 aromatic heterocycles. The monoisotopic (exact) mass is 375 g/mol. The first-order valence-electron chi connectivity index (χ1n) is 8.57. The third kappa shape index (κ3) is 4.27. The summed E-state index contributed by atoms with van der Waals surface area (Å²) in [5, 5.41) is 11.1. The van der Waals surface area contributed by atoms with Crippen LogP contribution in [-0.4, -0.2) is 28.8 Å². The van der Waals surface area contributed by atoms with Gasteiger partial charge < -0.3 is 9.84 Å². The quantitative estimate of drug-likeness (QED) is 0.763. The van der Waals surface area contributed by atoms with Crippen LogP contribution in [0.5, 0.6) is 5.75 Å². The first-order valence-corrected chi connectivity index (χ1v) is 9.38. The summed E-state index contributed by atoms with van der Waals surface area (Å²) in [5.74, 6) is 0.0236. The minimum Gasteiger partial charge on any atom is -0.493 e. The second-order valence-corrected chi connectivity index (χ2v) is 8.06. The smallest absolute Gasteiger partial charge is 0.309 e. The van der Waals surface area contributed by atoms with Crippen molar-refractivity contribution in [2.24, 2.45) is 11.3 Å². The largest absolute Gasteiger partial charge is 0.493 e. The van der Waals surface area contributed by atoms with Gasteiger partial charge in [0.1, 0.15) is 5.75 Å². The summed E-state index contributed by atoms with van der Waals surface area (Å²) in [7, 11) is 0. The molecular formula is C19H21NO5S. The number of benzene rings is 1. The molecule has 1 aromatic carbocycles. The Morgan fingerprint density at radius 3 is 2.50 bits per heavy atom. The van der Waals surface area contributed by atoms with Crippen LogP contribution in [0.15, 0.2) is 29.2 Å². The van der Waals surface area contributed by atoms with Crippen molar-refractivity contribution in [3.8, 4) is 5.75 Å². The molecular weight excluding hydrogens is 354 g/mol. The van der Waals surface area contributed by atoms with Gasteiger partial charge in [0.25, 0.3) is 11.1 Å². The van der Waals surface area contributed by atoms with E-state index in [1.807, 2.05) is 31.2 Å². The van der Waals surface area contributed by atoms with Crippen LogP contribution in [-0.2, 0) is 9.59 Å². The predicted molar refractivity (Wildman–Crippen MR) is 98.7 cm³/mol. The van der Waals surface area contributed by atoms with E-state index in [4.69, 9.17) is 4.74 Å². The van der Waals surface area contributed by atoms with Crippen LogP contribution in [0.1, 0.15) is 38.2 Å². The highest BCUT2D eigenvalue weighted by Gasteiger charge is 2.37. The molecule has 1 saturated heterocycles. The number of rotatable bonds is 5. The predicted octanol–water partition coefficient (Wildman–Crippen LogP) is 3.67. The molecule has 1 saturated carbocycles. The van der Waals surface area contributed by atoms with Gasteiger partial charge in [0.15, 0.2) is 0 Å². The van der Waals surface area contributed by atoms with Crippen molar-refractivity contribution < 1.29 is 24.2 Å². The molecule has 2 fully saturated rings. The molecule has 0 bridgehead atoms. The maximum Gasteiger partial charge on any atom is 0.309 e. The number of aliphatic carboxylic acids is 1. The van der Waals surface area contributed by atoms with Crippen LogP contribution >= 0.6 is 11.8 Å². The number of carboxylic acids is 1. The van der Waals surface area contributed by atoms with Gasteiger partial charge in [-0.2, -0.15) is 0 Å². The summed E-state index contributed by atoms with van der Waals surface area (Å²) in [6.07, 6.45) is 4.74. The minimum absolute atomic E-state index is 0.354. The summed E-state index contributed by atoms with van der Waals surface area (Å²) < 4.78 is 5.83. The highest BCUT2D eigenvalue weighted by Crippen LogP contribution is 2.39. The van der Waals surface area contributed by atoms with E-state index in [9.17, 15) is 19.5 Å². The van der Waals surface area contributed by atoms with Gasteiger partial charge in [0, 0.05) is 0 Å². The van der Waals surface area contributed by atoms with E-state index in [0.717, 1.165) is 35.9 Å². The second-order valence-electron chi connectivity index (χ2n) is 7.04. The van der Waals surface area contributed by atoms with Gasteiger partial charge in [0.05, 0.1) is 16.9 Å². The molecule has 3 rings (SSSR count). The lowest BCUT2D eigenvalue weighted by Gasteiger charge is -2.33. The van der Waals surface area contributed by atoms with Crippen LogP contribution in [0.2, 0.25) is 0 Å². The van der Waals surface area contributed by atoms with E-state index >= 15 is 0 Å². The molecule has 1 aromatic rings. The Bertz CT molecular complexity index is 748. The third-order valence-corrected chi connectivity index (χ3v) is 5.84. The van der Waals surface area contributed by atoms with Gasteiger partial charge in [-0.05, 0) is 74.1 Å². The van der Waals surface area contributed by atoms with Crippen molar-refractivity contribution >= 4 is 35.0 Å². The number of ether oxygens (including phenoxy) is 1. The first kappa shape index (κ1) is 18.5. The van der Waals surface area contributed by atoms with Gasteiger partial charge in [-0.3, -0.25) is 19.7 Å². The molecule has 7 heteroatoms. The first-order chi connectivity index (χ1) is 12.4. The van der Waals surface area contributed by atoms with Crippen molar-refractivity contribution in [1.82, 2.24) is 5.32 Å². The van der Waals surface area contributed by atoms with E-state index in [2.05, 4.69) is 5.32 Å². The Hall–Kier alpha value is -2.28. The number of amides is 2. The SMILES string of the molecule is CC1(C(=O)O)CCC(COc2ccc(C=C3SC(=O)NC3=O)cc2)CC1. The highest BCUT2D eigenvalue weighted by atomic mass is 32.2. The summed E-state index contributed by atoms with van der Waals surface area (Å²) in [5.41, 5.74) is 0.219. The number of imide groups is 1. The molecule has 0 unspecified atom stereocenters. The van der Waals surface area contributed by atoms with E-state index in [1.165, 1.54) is 0 Å². The number of carbonyl (C=O) groups excluding carboxylic acids is 2. The van der Waals surface area contributed by atoms with Crippen LogP contribution in [0.4, 0.5) is 4.79 Å². The lowest BCUT2D eigenvalue weighted by Crippen LogP contribution is -2.33. The topological polar surface area (TPSA) is 92.7 Å². The van der Waals surface area contributed by atoms with Gasteiger partial charge in [-0.1, -0.05) is 12.1 Å². The zero-order valence-corrected chi connectivity index (χ0v) is 15.3. The molecule has 1 heterocycles. The van der Waals surface area contributed by atoms with Crippen molar-refractivity contribution in [1.29, 1.82) is 0 Å².